The number of carboxylic acid groups (broad SMARTS) is 1. The highest BCUT2D eigenvalue weighted by Crippen LogP contribution is 2.14. The van der Waals surface area contributed by atoms with Gasteiger partial charge in [0.15, 0.2) is 0 Å². The van der Waals surface area contributed by atoms with Gasteiger partial charge in [0.05, 0.1) is 11.9 Å². The molecule has 0 aliphatic rings. The van der Waals surface area contributed by atoms with Crippen LogP contribution in [0.15, 0.2) is 24.4 Å². The zero-order chi connectivity index (χ0) is 10.1. The van der Waals surface area contributed by atoms with Crippen molar-refractivity contribution in [3.8, 4) is 0 Å². The van der Waals surface area contributed by atoms with Crippen molar-refractivity contribution in [2.24, 2.45) is 7.05 Å². The van der Waals surface area contributed by atoms with Crippen LogP contribution in [0.1, 0.15) is 5.56 Å². The van der Waals surface area contributed by atoms with E-state index in [1.54, 1.807) is 4.68 Å². The molecule has 4 nitrogen and oxygen atoms in total. The Morgan fingerprint density at radius 1 is 1.57 bits per heavy atom. The number of rotatable bonds is 2. The van der Waals surface area contributed by atoms with E-state index in [1.165, 1.54) is 0 Å². The van der Waals surface area contributed by atoms with Gasteiger partial charge in [-0.2, -0.15) is 5.10 Å². The smallest absolute Gasteiger partial charge is 0.307 e. The van der Waals surface area contributed by atoms with Crippen molar-refractivity contribution in [1.29, 1.82) is 0 Å². The number of carbonyl (C=O) groups is 1. The lowest BCUT2D eigenvalue weighted by Gasteiger charge is -1.95. The Labute approximate surface area is 80.8 Å². The fourth-order valence-corrected chi connectivity index (χ4v) is 1.47. The van der Waals surface area contributed by atoms with Crippen LogP contribution in [-0.2, 0) is 18.3 Å². The van der Waals surface area contributed by atoms with Crippen LogP contribution in [0.4, 0.5) is 0 Å². The Morgan fingerprint density at radius 2 is 2.36 bits per heavy atom. The van der Waals surface area contributed by atoms with Crippen molar-refractivity contribution in [2.75, 3.05) is 0 Å². The van der Waals surface area contributed by atoms with Crippen molar-refractivity contribution in [3.05, 3.63) is 30.0 Å². The Bertz CT molecular complexity index is 488. The van der Waals surface area contributed by atoms with Crippen molar-refractivity contribution in [2.45, 2.75) is 6.42 Å². The highest BCUT2D eigenvalue weighted by Gasteiger charge is 2.03. The van der Waals surface area contributed by atoms with Gasteiger partial charge in [0, 0.05) is 18.6 Å². The average molecular weight is 190 g/mol. The van der Waals surface area contributed by atoms with Gasteiger partial charge in [-0.05, 0) is 11.6 Å². The highest BCUT2D eigenvalue weighted by molar-refractivity contribution is 5.80. The molecule has 0 fully saturated rings. The molecule has 1 heterocycles. The fourth-order valence-electron chi connectivity index (χ4n) is 1.47. The van der Waals surface area contributed by atoms with Gasteiger partial charge >= 0.3 is 5.97 Å². The topological polar surface area (TPSA) is 55.1 Å². The molecule has 1 aromatic carbocycles. The Balaban J connectivity index is 2.45. The zero-order valence-electron chi connectivity index (χ0n) is 7.77. The summed E-state index contributed by atoms with van der Waals surface area (Å²) in [5.41, 5.74) is 1.62. The van der Waals surface area contributed by atoms with Crippen molar-refractivity contribution < 1.29 is 9.90 Å². The molecule has 0 saturated heterocycles. The van der Waals surface area contributed by atoms with Gasteiger partial charge in [-0.15, -0.1) is 0 Å². The first kappa shape index (κ1) is 8.74. The van der Waals surface area contributed by atoms with Gasteiger partial charge in [0.2, 0.25) is 0 Å². The van der Waals surface area contributed by atoms with Gasteiger partial charge < -0.3 is 5.11 Å². The molecule has 0 radical (unpaired) electrons. The number of hydrogen-bond acceptors (Lipinski definition) is 2. The number of aliphatic carboxylic acids is 1. The van der Waals surface area contributed by atoms with Crippen LogP contribution in [0.5, 0.6) is 0 Å². The lowest BCUT2D eigenvalue weighted by molar-refractivity contribution is -0.136. The normalized spacial score (nSPS) is 10.6. The molecule has 4 heteroatoms. The summed E-state index contributed by atoms with van der Waals surface area (Å²) in [4.78, 5) is 10.5. The second kappa shape index (κ2) is 3.14. The summed E-state index contributed by atoms with van der Waals surface area (Å²) in [6.07, 6.45) is 1.95. The average Bonchev–Trinajstić information content (AvgIpc) is 2.42. The minimum atomic E-state index is -0.819. The van der Waals surface area contributed by atoms with Gasteiger partial charge in [-0.3, -0.25) is 9.48 Å². The molecule has 0 aliphatic carbocycles. The summed E-state index contributed by atoms with van der Waals surface area (Å²) in [7, 11) is 1.84. The first-order valence-corrected chi connectivity index (χ1v) is 4.29. The van der Waals surface area contributed by atoms with Crippen molar-refractivity contribution >= 4 is 16.9 Å². The number of benzene rings is 1. The third-order valence-corrected chi connectivity index (χ3v) is 2.04. The number of hydrogen-bond donors (Lipinski definition) is 1. The number of carboxylic acids is 1. The van der Waals surface area contributed by atoms with E-state index in [-0.39, 0.29) is 6.42 Å². The number of aromatic nitrogens is 2. The van der Waals surface area contributed by atoms with E-state index < -0.39 is 5.97 Å². The van der Waals surface area contributed by atoms with E-state index in [0.29, 0.717) is 0 Å². The number of aryl methyl sites for hydroxylation is 1. The van der Waals surface area contributed by atoms with Gasteiger partial charge in [0.1, 0.15) is 0 Å². The van der Waals surface area contributed by atoms with E-state index >= 15 is 0 Å². The molecule has 0 spiro atoms. The lowest BCUT2D eigenvalue weighted by Crippen LogP contribution is -1.99. The molecule has 0 unspecified atom stereocenters. The van der Waals surface area contributed by atoms with Gasteiger partial charge in [-0.1, -0.05) is 12.1 Å². The van der Waals surface area contributed by atoms with Crippen LogP contribution in [0.25, 0.3) is 10.9 Å². The highest BCUT2D eigenvalue weighted by atomic mass is 16.4. The van der Waals surface area contributed by atoms with Crippen LogP contribution < -0.4 is 0 Å². The molecule has 1 aromatic heterocycles. The number of fused-ring (bicyclic) bond motifs is 1. The molecular weight excluding hydrogens is 180 g/mol. The SMILES string of the molecule is Cn1cc2ccc(CC(=O)O)cc2n1. The summed E-state index contributed by atoms with van der Waals surface area (Å²) in [5.74, 6) is -0.819. The minimum Gasteiger partial charge on any atom is -0.481 e. The third-order valence-electron chi connectivity index (χ3n) is 2.04. The van der Waals surface area contributed by atoms with Crippen LogP contribution in [0.3, 0.4) is 0 Å². The van der Waals surface area contributed by atoms with Crippen LogP contribution in [-0.4, -0.2) is 20.9 Å². The third kappa shape index (κ3) is 1.59. The summed E-state index contributed by atoms with van der Waals surface area (Å²) in [6.45, 7) is 0. The fraction of sp³-hybridized carbons (Fsp3) is 0.200. The quantitative estimate of drug-likeness (QED) is 0.774. The molecule has 1 N–H and O–H groups in total. The van der Waals surface area contributed by atoms with Crippen LogP contribution in [0.2, 0.25) is 0 Å². The molecule has 0 saturated carbocycles. The monoisotopic (exact) mass is 190 g/mol. The maximum absolute atomic E-state index is 10.5. The first-order valence-electron chi connectivity index (χ1n) is 4.29. The largest absolute Gasteiger partial charge is 0.481 e. The van der Waals surface area contributed by atoms with Gasteiger partial charge in [0.25, 0.3) is 0 Å². The molecule has 0 aliphatic heterocycles. The van der Waals surface area contributed by atoms with E-state index in [0.717, 1.165) is 16.5 Å². The molecule has 2 aromatic rings. The molecule has 14 heavy (non-hydrogen) atoms. The maximum atomic E-state index is 10.5. The second-order valence-corrected chi connectivity index (χ2v) is 3.27. The van der Waals surface area contributed by atoms with Crippen molar-refractivity contribution in [1.82, 2.24) is 9.78 Å². The Hall–Kier alpha value is -1.84. The standard InChI is InChI=1S/C10H10N2O2/c1-12-6-8-3-2-7(5-10(13)14)4-9(8)11-12/h2-4,6H,5H2,1H3,(H,13,14). The predicted molar refractivity (Wildman–Crippen MR) is 52.1 cm³/mol. The van der Waals surface area contributed by atoms with Crippen molar-refractivity contribution in [3.63, 3.8) is 0 Å². The lowest BCUT2D eigenvalue weighted by atomic mass is 10.1. The van der Waals surface area contributed by atoms with Crippen LogP contribution >= 0.6 is 0 Å². The molecular formula is C10H10N2O2. The second-order valence-electron chi connectivity index (χ2n) is 3.27. The molecule has 2 rings (SSSR count). The summed E-state index contributed by atoms with van der Waals surface area (Å²) >= 11 is 0. The molecule has 72 valence electrons. The molecule has 0 amide bonds. The Morgan fingerprint density at radius 3 is 3.07 bits per heavy atom. The number of nitrogens with zero attached hydrogens (tertiary/aromatic N) is 2. The first-order chi connectivity index (χ1) is 6.65. The van der Waals surface area contributed by atoms with Gasteiger partial charge in [-0.25, -0.2) is 0 Å². The summed E-state index contributed by atoms with van der Waals surface area (Å²) in [5, 5.41) is 13.9. The summed E-state index contributed by atoms with van der Waals surface area (Å²) < 4.78 is 1.72. The van der Waals surface area contributed by atoms with E-state index in [1.807, 2.05) is 31.4 Å². The van der Waals surface area contributed by atoms with E-state index in [9.17, 15) is 4.79 Å². The van der Waals surface area contributed by atoms with Crippen LogP contribution in [0, 0.1) is 0 Å². The van der Waals surface area contributed by atoms with E-state index in [2.05, 4.69) is 5.10 Å². The predicted octanol–water partition coefficient (Wildman–Crippen LogP) is 1.20. The van der Waals surface area contributed by atoms with E-state index in [4.69, 9.17) is 5.11 Å². The molecule has 0 bridgehead atoms. The maximum Gasteiger partial charge on any atom is 0.307 e. The molecule has 0 atom stereocenters. The zero-order valence-corrected chi connectivity index (χ0v) is 7.77. The minimum absolute atomic E-state index is 0.0481. The Kier molecular flexibility index (Phi) is 1.96. The summed E-state index contributed by atoms with van der Waals surface area (Å²) in [6, 6.07) is 5.52.